The molecule has 106 valence electrons. The number of carbonyl (C=O) groups excluding carboxylic acids is 2. The normalized spacial score (nSPS) is 37.7. The van der Waals surface area contributed by atoms with Crippen LogP contribution in [0.4, 0.5) is 5.69 Å². The molecule has 2 amide bonds. The molecule has 1 spiro atoms. The van der Waals surface area contributed by atoms with E-state index >= 15 is 0 Å². The largest absolute Gasteiger partial charge is 0.274 e. The highest BCUT2D eigenvalue weighted by atomic mass is 127. The van der Waals surface area contributed by atoms with Crippen molar-refractivity contribution < 1.29 is 9.59 Å². The monoisotopic (exact) mass is 391 g/mol. The molecule has 0 radical (unpaired) electrons. The lowest BCUT2D eigenvalue weighted by molar-refractivity contribution is -0.123. The maximum absolute atomic E-state index is 12.9. The molecule has 21 heavy (non-hydrogen) atoms. The van der Waals surface area contributed by atoms with E-state index in [0.29, 0.717) is 11.8 Å². The van der Waals surface area contributed by atoms with Crippen LogP contribution in [-0.4, -0.2) is 11.8 Å². The highest BCUT2D eigenvalue weighted by molar-refractivity contribution is 14.1. The number of hydrogen-bond donors (Lipinski definition) is 0. The number of halogens is 1. The molecule has 2 saturated carbocycles. The first kappa shape index (κ1) is 12.4. The summed E-state index contributed by atoms with van der Waals surface area (Å²) in [5.41, 5.74) is 1.00. The van der Waals surface area contributed by atoms with Gasteiger partial charge in [-0.3, -0.25) is 14.5 Å². The summed E-state index contributed by atoms with van der Waals surface area (Å²) in [6, 6.07) is 7.64. The molecule has 2 bridgehead atoms. The quantitative estimate of drug-likeness (QED) is 0.420. The standard InChI is InChI=1S/C17H14INO2/c18-9-1-3-10(4-2-9)19-15(20)13-11-5-6-12(14(13)16(19)21)17(11)7-8-17/h1-6,11-14H,7-8H2. The van der Waals surface area contributed by atoms with E-state index in [9.17, 15) is 9.59 Å². The fraction of sp³-hybridized carbons (Fsp3) is 0.412. The molecule has 3 aliphatic carbocycles. The average Bonchev–Trinajstić information content (AvgIpc) is 3.07. The molecule has 4 heteroatoms. The predicted octanol–water partition coefficient (Wildman–Crippen LogP) is 2.99. The summed E-state index contributed by atoms with van der Waals surface area (Å²) in [4.78, 5) is 27.2. The fourth-order valence-electron chi connectivity index (χ4n) is 4.92. The molecule has 1 saturated heterocycles. The third kappa shape index (κ3) is 1.35. The van der Waals surface area contributed by atoms with E-state index in [1.54, 1.807) is 0 Å². The van der Waals surface area contributed by atoms with Crippen LogP contribution in [0.1, 0.15) is 12.8 Å². The van der Waals surface area contributed by atoms with Crippen LogP contribution < -0.4 is 4.90 Å². The van der Waals surface area contributed by atoms with Crippen LogP contribution >= 0.6 is 22.6 Å². The van der Waals surface area contributed by atoms with Crippen molar-refractivity contribution in [3.05, 3.63) is 40.0 Å². The summed E-state index contributed by atoms with van der Waals surface area (Å²) in [6.45, 7) is 0. The van der Waals surface area contributed by atoms with Crippen molar-refractivity contribution in [1.82, 2.24) is 0 Å². The van der Waals surface area contributed by atoms with Gasteiger partial charge in [-0.15, -0.1) is 0 Å². The Bertz CT molecular complexity index is 670. The molecular weight excluding hydrogens is 377 g/mol. The molecular formula is C17H14INO2. The summed E-state index contributed by atoms with van der Waals surface area (Å²) < 4.78 is 1.11. The van der Waals surface area contributed by atoms with E-state index in [1.807, 2.05) is 24.3 Å². The summed E-state index contributed by atoms with van der Waals surface area (Å²) >= 11 is 2.23. The van der Waals surface area contributed by atoms with E-state index in [2.05, 4.69) is 34.7 Å². The number of amides is 2. The smallest absolute Gasteiger partial charge is 0.238 e. The topological polar surface area (TPSA) is 37.4 Å². The summed E-state index contributed by atoms with van der Waals surface area (Å²) in [6.07, 6.45) is 6.79. The van der Waals surface area contributed by atoms with Crippen LogP contribution in [0.5, 0.6) is 0 Å². The Balaban J connectivity index is 1.57. The van der Waals surface area contributed by atoms with Crippen molar-refractivity contribution in [2.24, 2.45) is 29.1 Å². The molecule has 1 aromatic carbocycles. The van der Waals surface area contributed by atoms with Crippen molar-refractivity contribution >= 4 is 40.1 Å². The van der Waals surface area contributed by atoms with Crippen LogP contribution in [0.3, 0.4) is 0 Å². The second kappa shape index (κ2) is 3.77. The fourth-order valence-corrected chi connectivity index (χ4v) is 5.28. The lowest BCUT2D eigenvalue weighted by atomic mass is 9.85. The number of allylic oxidation sites excluding steroid dienone is 2. The number of imide groups is 1. The van der Waals surface area contributed by atoms with Crippen molar-refractivity contribution in [2.45, 2.75) is 12.8 Å². The second-order valence-corrected chi connectivity index (χ2v) is 7.96. The maximum Gasteiger partial charge on any atom is 0.238 e. The van der Waals surface area contributed by atoms with Crippen LogP contribution in [0.15, 0.2) is 36.4 Å². The minimum atomic E-state index is -0.103. The van der Waals surface area contributed by atoms with Gasteiger partial charge in [0.25, 0.3) is 0 Å². The van der Waals surface area contributed by atoms with Gasteiger partial charge in [0.05, 0.1) is 17.5 Å². The van der Waals surface area contributed by atoms with Gasteiger partial charge in [-0.1, -0.05) is 12.2 Å². The molecule has 3 fully saturated rings. The molecule has 0 N–H and O–H groups in total. The molecule has 0 aromatic heterocycles. The zero-order valence-electron chi connectivity index (χ0n) is 11.3. The number of fused-ring (bicyclic) bond motifs is 3. The van der Waals surface area contributed by atoms with Gasteiger partial charge >= 0.3 is 0 Å². The average molecular weight is 391 g/mol. The highest BCUT2D eigenvalue weighted by Crippen LogP contribution is 2.73. The Kier molecular flexibility index (Phi) is 2.22. The zero-order valence-corrected chi connectivity index (χ0v) is 13.5. The van der Waals surface area contributed by atoms with Crippen LogP contribution in [0.25, 0.3) is 0 Å². The predicted molar refractivity (Wildman–Crippen MR) is 86.4 cm³/mol. The Morgan fingerprint density at radius 3 is 1.95 bits per heavy atom. The van der Waals surface area contributed by atoms with Crippen molar-refractivity contribution in [1.29, 1.82) is 0 Å². The lowest BCUT2D eigenvalue weighted by Crippen LogP contribution is -2.34. The molecule has 3 nitrogen and oxygen atoms in total. The number of hydrogen-bond acceptors (Lipinski definition) is 2. The van der Waals surface area contributed by atoms with Gasteiger partial charge in [0.15, 0.2) is 0 Å². The number of anilines is 1. The first-order valence-electron chi connectivity index (χ1n) is 7.45. The van der Waals surface area contributed by atoms with E-state index in [-0.39, 0.29) is 29.1 Å². The Hall–Kier alpha value is -1.17. The molecule has 1 aliphatic heterocycles. The summed E-state index contributed by atoms with van der Waals surface area (Å²) in [5.74, 6) is 0.447. The van der Waals surface area contributed by atoms with Gasteiger partial charge in [-0.05, 0) is 76.9 Å². The van der Waals surface area contributed by atoms with Crippen molar-refractivity contribution in [3.8, 4) is 0 Å². The molecule has 1 aromatic rings. The third-order valence-electron chi connectivity index (χ3n) is 5.94. The van der Waals surface area contributed by atoms with Gasteiger partial charge < -0.3 is 0 Å². The Morgan fingerprint density at radius 1 is 0.952 bits per heavy atom. The van der Waals surface area contributed by atoms with E-state index in [4.69, 9.17) is 0 Å². The van der Waals surface area contributed by atoms with E-state index in [0.717, 1.165) is 9.26 Å². The Morgan fingerprint density at radius 2 is 1.48 bits per heavy atom. The van der Waals surface area contributed by atoms with E-state index < -0.39 is 0 Å². The SMILES string of the molecule is O=C1C2C(C(=O)N1c1ccc(I)cc1)C1C=CC2C12CC2. The third-order valence-corrected chi connectivity index (χ3v) is 6.66. The first-order chi connectivity index (χ1) is 10.1. The van der Waals surface area contributed by atoms with Crippen LogP contribution in [0, 0.1) is 32.7 Å². The molecule has 4 atom stereocenters. The number of rotatable bonds is 1. The minimum absolute atomic E-state index is 0.0225. The molecule has 4 unspecified atom stereocenters. The van der Waals surface area contributed by atoms with Crippen molar-refractivity contribution in [3.63, 3.8) is 0 Å². The number of carbonyl (C=O) groups is 2. The van der Waals surface area contributed by atoms with Gasteiger partial charge in [-0.2, -0.15) is 0 Å². The van der Waals surface area contributed by atoms with Crippen LogP contribution in [0.2, 0.25) is 0 Å². The zero-order chi connectivity index (χ0) is 14.4. The molecule has 5 rings (SSSR count). The number of benzene rings is 1. The van der Waals surface area contributed by atoms with Gasteiger partial charge in [0.1, 0.15) is 0 Å². The summed E-state index contributed by atoms with van der Waals surface area (Å²) in [5, 5.41) is 0. The second-order valence-electron chi connectivity index (χ2n) is 6.71. The Labute approximate surface area is 136 Å². The minimum Gasteiger partial charge on any atom is -0.274 e. The molecule has 4 aliphatic rings. The van der Waals surface area contributed by atoms with Gasteiger partial charge in [-0.25, -0.2) is 0 Å². The maximum atomic E-state index is 12.9. The highest BCUT2D eigenvalue weighted by Gasteiger charge is 2.73. The summed E-state index contributed by atoms with van der Waals surface area (Å²) in [7, 11) is 0. The van der Waals surface area contributed by atoms with Gasteiger partial charge in [0, 0.05) is 3.57 Å². The van der Waals surface area contributed by atoms with Crippen LogP contribution in [-0.2, 0) is 9.59 Å². The number of nitrogens with zero attached hydrogens (tertiary/aromatic N) is 1. The molecule has 1 heterocycles. The van der Waals surface area contributed by atoms with Crippen molar-refractivity contribution in [2.75, 3.05) is 4.90 Å². The van der Waals surface area contributed by atoms with Gasteiger partial charge in [0.2, 0.25) is 11.8 Å². The lowest BCUT2D eigenvalue weighted by Gasteiger charge is -2.21. The first-order valence-corrected chi connectivity index (χ1v) is 8.53. The van der Waals surface area contributed by atoms with E-state index in [1.165, 1.54) is 17.7 Å².